The summed E-state index contributed by atoms with van der Waals surface area (Å²) in [6, 6.07) is 5.32. The quantitative estimate of drug-likeness (QED) is 0.782. The number of nitrogens with zero attached hydrogens (tertiary/aromatic N) is 2. The summed E-state index contributed by atoms with van der Waals surface area (Å²) in [6.07, 6.45) is -4.26. The van der Waals surface area contributed by atoms with Crippen molar-refractivity contribution in [2.75, 3.05) is 26.7 Å². The molecule has 0 radical (unpaired) electrons. The molecule has 1 heterocycles. The van der Waals surface area contributed by atoms with Crippen LogP contribution in [0.15, 0.2) is 24.3 Å². The van der Waals surface area contributed by atoms with Gasteiger partial charge in [-0.3, -0.25) is 0 Å². The van der Waals surface area contributed by atoms with Crippen LogP contribution >= 0.6 is 0 Å². The van der Waals surface area contributed by atoms with Gasteiger partial charge in [0.2, 0.25) is 0 Å². The Kier molecular flexibility index (Phi) is 6.04. The van der Waals surface area contributed by atoms with Crippen LogP contribution in [0.1, 0.15) is 18.4 Å². The van der Waals surface area contributed by atoms with E-state index in [9.17, 15) is 22.4 Å². The van der Waals surface area contributed by atoms with Crippen LogP contribution in [-0.2, 0) is 11.3 Å². The van der Waals surface area contributed by atoms with E-state index in [4.69, 9.17) is 0 Å². The fraction of sp³-hybridized carbons (Fsp3) is 0.562. The van der Waals surface area contributed by atoms with E-state index in [0.717, 1.165) is 13.1 Å². The molecule has 0 N–H and O–H groups in total. The highest BCUT2D eigenvalue weighted by Crippen LogP contribution is 2.21. The van der Waals surface area contributed by atoms with Crippen molar-refractivity contribution in [3.8, 4) is 0 Å². The van der Waals surface area contributed by atoms with Crippen molar-refractivity contribution < 1.29 is 27.1 Å². The van der Waals surface area contributed by atoms with Gasteiger partial charge in [0.25, 0.3) is 0 Å². The zero-order chi connectivity index (χ0) is 17.7. The second-order valence-corrected chi connectivity index (χ2v) is 5.96. The second kappa shape index (κ2) is 7.83. The van der Waals surface area contributed by atoms with E-state index in [1.54, 1.807) is 0 Å². The molecule has 1 amide bonds. The summed E-state index contributed by atoms with van der Waals surface area (Å²) in [4.78, 5) is 15.6. The summed E-state index contributed by atoms with van der Waals surface area (Å²) in [5.41, 5.74) is 0.638. The standard InChI is InChI=1S/C16H20F4N2O2/c1-21-8-6-14(7-9-21)22(15(23)24-11-16(18,19)20)10-12-2-4-13(17)5-3-12/h2-5,14H,6-11H2,1H3. The third-order valence-corrected chi connectivity index (χ3v) is 3.99. The first-order valence-corrected chi connectivity index (χ1v) is 7.68. The first-order chi connectivity index (χ1) is 11.2. The highest BCUT2D eigenvalue weighted by atomic mass is 19.4. The van der Waals surface area contributed by atoms with Crippen LogP contribution in [0.2, 0.25) is 0 Å². The van der Waals surface area contributed by atoms with Gasteiger partial charge in [-0.2, -0.15) is 13.2 Å². The molecule has 0 unspecified atom stereocenters. The van der Waals surface area contributed by atoms with Gasteiger partial charge in [0.1, 0.15) is 5.82 Å². The molecule has 134 valence electrons. The van der Waals surface area contributed by atoms with Gasteiger partial charge in [-0.05, 0) is 50.7 Å². The number of benzene rings is 1. The first kappa shape index (κ1) is 18.5. The number of ether oxygens (including phenoxy) is 1. The summed E-state index contributed by atoms with van der Waals surface area (Å²) in [7, 11) is 1.95. The van der Waals surface area contributed by atoms with E-state index in [1.807, 2.05) is 7.05 Å². The number of alkyl halides is 3. The molecule has 0 atom stereocenters. The number of likely N-dealkylation sites (tertiary alicyclic amines) is 1. The third kappa shape index (κ3) is 5.67. The van der Waals surface area contributed by atoms with Gasteiger partial charge in [-0.1, -0.05) is 12.1 Å². The van der Waals surface area contributed by atoms with Crippen molar-refractivity contribution in [1.29, 1.82) is 0 Å². The lowest BCUT2D eigenvalue weighted by molar-refractivity contribution is -0.163. The van der Waals surface area contributed by atoms with Crippen molar-refractivity contribution in [3.63, 3.8) is 0 Å². The predicted molar refractivity (Wildman–Crippen MR) is 79.9 cm³/mol. The Hall–Kier alpha value is -1.83. The summed E-state index contributed by atoms with van der Waals surface area (Å²) in [5, 5.41) is 0. The van der Waals surface area contributed by atoms with Gasteiger partial charge in [-0.25, -0.2) is 9.18 Å². The Labute approximate surface area is 138 Å². The molecule has 1 saturated heterocycles. The van der Waals surface area contributed by atoms with Gasteiger partial charge in [-0.15, -0.1) is 0 Å². The Morgan fingerprint density at radius 3 is 2.38 bits per heavy atom. The van der Waals surface area contributed by atoms with E-state index >= 15 is 0 Å². The molecule has 0 spiro atoms. The van der Waals surface area contributed by atoms with E-state index in [-0.39, 0.29) is 12.6 Å². The van der Waals surface area contributed by atoms with Gasteiger partial charge < -0.3 is 14.5 Å². The van der Waals surface area contributed by atoms with Gasteiger partial charge >= 0.3 is 12.3 Å². The number of amides is 1. The van der Waals surface area contributed by atoms with Crippen molar-refractivity contribution in [2.24, 2.45) is 0 Å². The second-order valence-electron chi connectivity index (χ2n) is 5.96. The van der Waals surface area contributed by atoms with Crippen LogP contribution in [0, 0.1) is 5.82 Å². The summed E-state index contributed by atoms with van der Waals surface area (Å²) in [6.45, 7) is -0.0298. The van der Waals surface area contributed by atoms with E-state index in [0.29, 0.717) is 18.4 Å². The smallest absolute Gasteiger partial charge is 0.422 e. The molecule has 0 bridgehead atoms. The highest BCUT2D eigenvalue weighted by Gasteiger charge is 2.33. The van der Waals surface area contributed by atoms with Gasteiger partial charge in [0.05, 0.1) is 0 Å². The molecule has 0 saturated carbocycles. The number of hydrogen-bond acceptors (Lipinski definition) is 3. The molecule has 1 aromatic carbocycles. The summed E-state index contributed by atoms with van der Waals surface area (Å²) in [5.74, 6) is -0.413. The van der Waals surface area contributed by atoms with Crippen molar-refractivity contribution in [2.45, 2.75) is 31.6 Å². The normalized spacial score (nSPS) is 16.9. The molecule has 4 nitrogen and oxygen atoms in total. The fourth-order valence-corrected chi connectivity index (χ4v) is 2.66. The molecule has 0 aromatic heterocycles. The maximum atomic E-state index is 13.0. The van der Waals surface area contributed by atoms with E-state index in [1.165, 1.54) is 29.2 Å². The van der Waals surface area contributed by atoms with Gasteiger partial charge in [0.15, 0.2) is 6.61 Å². The lowest BCUT2D eigenvalue weighted by Crippen LogP contribution is -2.46. The minimum atomic E-state index is -4.57. The molecule has 8 heteroatoms. The van der Waals surface area contributed by atoms with Crippen molar-refractivity contribution >= 4 is 6.09 Å². The number of carbonyl (C=O) groups is 1. The van der Waals surface area contributed by atoms with Crippen molar-refractivity contribution in [3.05, 3.63) is 35.6 Å². The van der Waals surface area contributed by atoms with E-state index < -0.39 is 24.7 Å². The van der Waals surface area contributed by atoms with Crippen LogP contribution in [-0.4, -0.2) is 54.9 Å². The molecule has 1 aromatic rings. The first-order valence-electron chi connectivity index (χ1n) is 7.68. The highest BCUT2D eigenvalue weighted by molar-refractivity contribution is 5.68. The molecule has 1 fully saturated rings. The average Bonchev–Trinajstić information content (AvgIpc) is 2.52. The maximum Gasteiger partial charge on any atom is 0.422 e. The van der Waals surface area contributed by atoms with Crippen LogP contribution in [0.3, 0.4) is 0 Å². The average molecular weight is 348 g/mol. The Morgan fingerprint density at radius 2 is 1.83 bits per heavy atom. The molecule has 1 aliphatic rings. The molecule has 0 aliphatic carbocycles. The van der Waals surface area contributed by atoms with Crippen LogP contribution in [0.25, 0.3) is 0 Å². The van der Waals surface area contributed by atoms with Crippen LogP contribution in [0.5, 0.6) is 0 Å². The summed E-state index contributed by atoms with van der Waals surface area (Å²) >= 11 is 0. The lowest BCUT2D eigenvalue weighted by atomic mass is 10.0. The molecular weight excluding hydrogens is 328 g/mol. The SMILES string of the molecule is CN1CCC(N(Cc2ccc(F)cc2)C(=O)OCC(F)(F)F)CC1. The Morgan fingerprint density at radius 1 is 1.25 bits per heavy atom. The Bertz CT molecular complexity index is 540. The topological polar surface area (TPSA) is 32.8 Å². The zero-order valence-corrected chi connectivity index (χ0v) is 13.4. The monoisotopic (exact) mass is 348 g/mol. The summed E-state index contributed by atoms with van der Waals surface area (Å²) < 4.78 is 54.3. The fourth-order valence-electron chi connectivity index (χ4n) is 2.66. The number of hydrogen-bond donors (Lipinski definition) is 0. The minimum absolute atomic E-state index is 0.0886. The van der Waals surface area contributed by atoms with Crippen LogP contribution in [0.4, 0.5) is 22.4 Å². The lowest BCUT2D eigenvalue weighted by Gasteiger charge is -2.36. The molecular formula is C16H20F4N2O2. The van der Waals surface area contributed by atoms with Crippen LogP contribution < -0.4 is 0 Å². The maximum absolute atomic E-state index is 13.0. The van der Waals surface area contributed by atoms with Gasteiger partial charge in [0, 0.05) is 12.6 Å². The number of rotatable bonds is 4. The number of piperidine rings is 1. The minimum Gasteiger partial charge on any atom is -0.440 e. The number of carbonyl (C=O) groups excluding carboxylic acids is 1. The number of halogens is 4. The third-order valence-electron chi connectivity index (χ3n) is 3.99. The zero-order valence-electron chi connectivity index (χ0n) is 13.4. The van der Waals surface area contributed by atoms with E-state index in [2.05, 4.69) is 9.64 Å². The van der Waals surface area contributed by atoms with Crippen molar-refractivity contribution in [1.82, 2.24) is 9.80 Å². The molecule has 1 aliphatic heterocycles. The molecule has 24 heavy (non-hydrogen) atoms. The molecule has 2 rings (SSSR count). The Balaban J connectivity index is 2.08. The predicted octanol–water partition coefficient (Wildman–Crippen LogP) is 3.42. The largest absolute Gasteiger partial charge is 0.440 e.